The number of aromatic nitrogens is 2. The van der Waals surface area contributed by atoms with Crippen LogP contribution in [0.1, 0.15) is 23.1 Å². The summed E-state index contributed by atoms with van der Waals surface area (Å²) in [5.74, 6) is 0.618. The minimum atomic E-state index is -0.151. The zero-order valence-corrected chi connectivity index (χ0v) is 16.8. The maximum absolute atomic E-state index is 12.6. The van der Waals surface area contributed by atoms with Gasteiger partial charge in [-0.05, 0) is 58.7 Å². The lowest BCUT2D eigenvalue weighted by Gasteiger charge is -2.09. The molecule has 0 aliphatic heterocycles. The molecule has 0 aliphatic carbocycles. The third kappa shape index (κ3) is 4.22. The monoisotopic (exact) mass is 465 g/mol. The molecule has 1 aromatic carbocycles. The normalized spacial score (nSPS) is 10.8. The van der Waals surface area contributed by atoms with Crippen LogP contribution >= 0.6 is 31.9 Å². The first kappa shape index (κ1) is 17.9. The number of pyridine rings is 1. The molecule has 5 nitrogen and oxygen atoms in total. The van der Waals surface area contributed by atoms with Crippen LogP contribution in [-0.2, 0) is 6.42 Å². The van der Waals surface area contributed by atoms with Gasteiger partial charge in [-0.3, -0.25) is 9.20 Å². The zero-order chi connectivity index (χ0) is 17.8. The second-order valence-corrected chi connectivity index (χ2v) is 7.23. The van der Waals surface area contributed by atoms with Gasteiger partial charge in [0.25, 0.3) is 5.91 Å². The van der Waals surface area contributed by atoms with Gasteiger partial charge in [-0.15, -0.1) is 0 Å². The fourth-order valence-corrected chi connectivity index (χ4v) is 3.10. The second-order valence-electron chi connectivity index (χ2n) is 5.39. The fraction of sp³-hybridized carbons (Fsp3) is 0.222. The Kier molecular flexibility index (Phi) is 5.75. The Morgan fingerprint density at radius 2 is 1.88 bits per heavy atom. The Balaban J connectivity index is 1.65. The van der Waals surface area contributed by atoms with Gasteiger partial charge in [0.1, 0.15) is 23.7 Å². The van der Waals surface area contributed by atoms with Crippen LogP contribution in [0, 0.1) is 0 Å². The summed E-state index contributed by atoms with van der Waals surface area (Å²) in [7, 11) is 0. The van der Waals surface area contributed by atoms with Crippen molar-refractivity contribution in [1.29, 1.82) is 0 Å². The minimum Gasteiger partial charge on any atom is -0.492 e. The van der Waals surface area contributed by atoms with E-state index in [2.05, 4.69) is 42.2 Å². The van der Waals surface area contributed by atoms with E-state index in [4.69, 9.17) is 4.74 Å². The van der Waals surface area contributed by atoms with E-state index in [-0.39, 0.29) is 5.91 Å². The molecule has 0 aliphatic rings. The summed E-state index contributed by atoms with van der Waals surface area (Å²) in [6.07, 6.45) is 2.55. The average molecular weight is 467 g/mol. The molecular weight excluding hydrogens is 450 g/mol. The van der Waals surface area contributed by atoms with Crippen LogP contribution in [0.4, 0.5) is 0 Å². The number of imidazole rings is 1. The van der Waals surface area contributed by atoms with Crippen molar-refractivity contribution in [1.82, 2.24) is 14.7 Å². The van der Waals surface area contributed by atoms with E-state index in [0.29, 0.717) is 25.3 Å². The lowest BCUT2D eigenvalue weighted by molar-refractivity contribution is 0.0940. The van der Waals surface area contributed by atoms with Crippen molar-refractivity contribution in [3.8, 4) is 5.75 Å². The van der Waals surface area contributed by atoms with Gasteiger partial charge in [0.15, 0.2) is 0 Å². The predicted octanol–water partition coefficient (Wildman–Crippen LogP) is 4.23. The molecule has 7 heteroatoms. The highest BCUT2D eigenvalue weighted by Gasteiger charge is 2.18. The third-order valence-electron chi connectivity index (χ3n) is 3.67. The van der Waals surface area contributed by atoms with Crippen molar-refractivity contribution < 1.29 is 9.53 Å². The second kappa shape index (κ2) is 8.01. The lowest BCUT2D eigenvalue weighted by atomic mass is 10.2. The number of nitrogens with one attached hydrogen (secondary N) is 1. The van der Waals surface area contributed by atoms with Gasteiger partial charge in [0.2, 0.25) is 0 Å². The first-order chi connectivity index (χ1) is 12.1. The van der Waals surface area contributed by atoms with Gasteiger partial charge in [0.05, 0.1) is 12.2 Å². The highest BCUT2D eigenvalue weighted by molar-refractivity contribution is 9.10. The molecule has 0 unspecified atom stereocenters. The molecule has 3 rings (SSSR count). The third-order valence-corrected chi connectivity index (χ3v) is 4.67. The van der Waals surface area contributed by atoms with Crippen molar-refractivity contribution in [2.24, 2.45) is 0 Å². The Hall–Kier alpha value is -1.86. The van der Waals surface area contributed by atoms with Crippen LogP contribution < -0.4 is 10.1 Å². The standard InChI is InChI=1S/C18H17Br2N3O2/c1-2-15-17(23-11-13(20)5-8-16(23)22-15)18(24)21-9-10-25-14-6-3-12(19)4-7-14/h3-8,11H,2,9-10H2,1H3,(H,21,24). The molecule has 25 heavy (non-hydrogen) atoms. The molecule has 130 valence electrons. The molecule has 3 aromatic rings. The van der Waals surface area contributed by atoms with Crippen LogP contribution in [0.2, 0.25) is 0 Å². The number of hydrogen-bond acceptors (Lipinski definition) is 3. The van der Waals surface area contributed by atoms with Gasteiger partial charge in [-0.1, -0.05) is 22.9 Å². The summed E-state index contributed by atoms with van der Waals surface area (Å²) in [5.41, 5.74) is 2.11. The van der Waals surface area contributed by atoms with E-state index < -0.39 is 0 Å². The molecule has 0 fully saturated rings. The van der Waals surface area contributed by atoms with Crippen molar-refractivity contribution in [3.63, 3.8) is 0 Å². The number of nitrogens with zero attached hydrogens (tertiary/aromatic N) is 2. The molecule has 1 amide bonds. The summed E-state index contributed by atoms with van der Waals surface area (Å²) in [4.78, 5) is 17.1. The molecule has 2 heterocycles. The van der Waals surface area contributed by atoms with Crippen LogP contribution in [0.25, 0.3) is 5.65 Å². The molecule has 0 saturated heterocycles. The first-order valence-corrected chi connectivity index (χ1v) is 9.50. The van der Waals surface area contributed by atoms with Gasteiger partial charge in [-0.2, -0.15) is 0 Å². The van der Waals surface area contributed by atoms with Crippen LogP contribution in [0.5, 0.6) is 5.75 Å². The summed E-state index contributed by atoms with van der Waals surface area (Å²) in [6, 6.07) is 11.4. The van der Waals surface area contributed by atoms with Gasteiger partial charge >= 0.3 is 0 Å². The summed E-state index contributed by atoms with van der Waals surface area (Å²) >= 11 is 6.82. The van der Waals surface area contributed by atoms with Crippen LogP contribution in [0.15, 0.2) is 51.5 Å². The fourth-order valence-electron chi connectivity index (χ4n) is 2.50. The Morgan fingerprint density at radius 1 is 1.16 bits per heavy atom. The Morgan fingerprint density at radius 3 is 2.60 bits per heavy atom. The molecule has 0 spiro atoms. The van der Waals surface area contributed by atoms with E-state index in [9.17, 15) is 4.79 Å². The van der Waals surface area contributed by atoms with E-state index >= 15 is 0 Å². The number of halogens is 2. The van der Waals surface area contributed by atoms with Gasteiger partial charge < -0.3 is 10.1 Å². The van der Waals surface area contributed by atoms with Crippen molar-refractivity contribution in [3.05, 3.63) is 62.9 Å². The van der Waals surface area contributed by atoms with Gasteiger partial charge in [0, 0.05) is 15.1 Å². The van der Waals surface area contributed by atoms with Gasteiger partial charge in [-0.25, -0.2) is 4.98 Å². The number of ether oxygens (including phenoxy) is 1. The van der Waals surface area contributed by atoms with E-state index in [1.807, 2.05) is 53.9 Å². The summed E-state index contributed by atoms with van der Waals surface area (Å²) < 4.78 is 9.33. The number of carbonyl (C=O) groups excluding carboxylic acids is 1. The molecule has 1 N–H and O–H groups in total. The highest BCUT2D eigenvalue weighted by Crippen LogP contribution is 2.18. The van der Waals surface area contributed by atoms with E-state index in [1.54, 1.807) is 0 Å². The quantitative estimate of drug-likeness (QED) is 0.553. The minimum absolute atomic E-state index is 0.151. The van der Waals surface area contributed by atoms with Crippen molar-refractivity contribution in [2.75, 3.05) is 13.2 Å². The molecule has 0 saturated carbocycles. The number of fused-ring (bicyclic) bond motifs is 1. The van der Waals surface area contributed by atoms with E-state index in [0.717, 1.165) is 26.0 Å². The average Bonchev–Trinajstić information content (AvgIpc) is 2.97. The zero-order valence-electron chi connectivity index (χ0n) is 13.6. The number of hydrogen-bond donors (Lipinski definition) is 1. The number of aryl methyl sites for hydroxylation is 1. The number of benzene rings is 1. The number of rotatable bonds is 6. The largest absolute Gasteiger partial charge is 0.492 e. The van der Waals surface area contributed by atoms with Crippen molar-refractivity contribution in [2.45, 2.75) is 13.3 Å². The smallest absolute Gasteiger partial charge is 0.270 e. The SMILES string of the molecule is CCc1nc2ccc(Br)cn2c1C(=O)NCCOc1ccc(Br)cc1. The van der Waals surface area contributed by atoms with Crippen molar-refractivity contribution >= 4 is 43.4 Å². The predicted molar refractivity (Wildman–Crippen MR) is 104 cm³/mol. The molecule has 0 radical (unpaired) electrons. The molecular formula is C18H17Br2N3O2. The molecule has 0 atom stereocenters. The summed E-state index contributed by atoms with van der Waals surface area (Å²) in [5, 5.41) is 2.90. The van der Waals surface area contributed by atoms with E-state index in [1.165, 1.54) is 0 Å². The Labute approximate surface area is 162 Å². The lowest BCUT2D eigenvalue weighted by Crippen LogP contribution is -2.29. The molecule has 0 bridgehead atoms. The maximum Gasteiger partial charge on any atom is 0.270 e. The highest BCUT2D eigenvalue weighted by atomic mass is 79.9. The summed E-state index contributed by atoms with van der Waals surface area (Å²) in [6.45, 7) is 2.80. The number of carbonyl (C=O) groups is 1. The first-order valence-electron chi connectivity index (χ1n) is 7.91. The topological polar surface area (TPSA) is 55.6 Å². The van der Waals surface area contributed by atoms with Crippen LogP contribution in [0.3, 0.4) is 0 Å². The maximum atomic E-state index is 12.6. The Bertz CT molecular complexity index is 891. The molecule has 2 aromatic heterocycles. The number of amides is 1. The van der Waals surface area contributed by atoms with Crippen LogP contribution in [-0.4, -0.2) is 28.4 Å².